The molecule has 0 unspecified atom stereocenters. The standard InChI is InChI=1S/C14H18Cl3NO/c1-2-14(8-15,9-16)18-7-11-6-12(17)5-10-3-4-19-13(10)11/h5-6,18H,2-4,7-9H2,1H3. The first-order valence-electron chi connectivity index (χ1n) is 6.45. The maximum absolute atomic E-state index is 6.14. The number of alkyl halides is 2. The summed E-state index contributed by atoms with van der Waals surface area (Å²) in [4.78, 5) is 0. The van der Waals surface area contributed by atoms with Crippen LogP contribution in [-0.4, -0.2) is 23.9 Å². The Morgan fingerprint density at radius 3 is 2.68 bits per heavy atom. The summed E-state index contributed by atoms with van der Waals surface area (Å²) in [5.74, 6) is 1.93. The van der Waals surface area contributed by atoms with Gasteiger partial charge in [-0.2, -0.15) is 0 Å². The maximum atomic E-state index is 6.14. The van der Waals surface area contributed by atoms with Gasteiger partial charge in [0.2, 0.25) is 0 Å². The molecule has 0 atom stereocenters. The molecule has 5 heteroatoms. The first-order chi connectivity index (χ1) is 9.14. The average molecular weight is 323 g/mol. The van der Waals surface area contributed by atoms with Gasteiger partial charge >= 0.3 is 0 Å². The van der Waals surface area contributed by atoms with E-state index in [9.17, 15) is 0 Å². The Balaban J connectivity index is 2.16. The molecule has 1 aliphatic rings. The molecule has 1 aromatic carbocycles. The van der Waals surface area contributed by atoms with E-state index < -0.39 is 0 Å². The third kappa shape index (κ3) is 3.30. The van der Waals surface area contributed by atoms with Crippen LogP contribution in [0.2, 0.25) is 5.02 Å². The van der Waals surface area contributed by atoms with Crippen molar-refractivity contribution in [3.05, 3.63) is 28.3 Å². The van der Waals surface area contributed by atoms with Crippen molar-refractivity contribution in [2.45, 2.75) is 31.8 Å². The van der Waals surface area contributed by atoms with Crippen LogP contribution in [0.5, 0.6) is 5.75 Å². The molecule has 0 saturated carbocycles. The van der Waals surface area contributed by atoms with Gasteiger partial charge < -0.3 is 10.1 Å². The van der Waals surface area contributed by atoms with Crippen molar-refractivity contribution in [2.75, 3.05) is 18.4 Å². The molecule has 0 aliphatic carbocycles. The molecule has 0 radical (unpaired) electrons. The quantitative estimate of drug-likeness (QED) is 0.800. The molecule has 0 aromatic heterocycles. The Morgan fingerprint density at radius 2 is 2.05 bits per heavy atom. The van der Waals surface area contributed by atoms with Crippen LogP contribution in [0.25, 0.3) is 0 Å². The third-order valence-corrected chi connectivity index (χ3v) is 4.91. The van der Waals surface area contributed by atoms with Crippen molar-refractivity contribution in [1.82, 2.24) is 5.32 Å². The van der Waals surface area contributed by atoms with Gasteiger partial charge in [0.05, 0.1) is 6.61 Å². The summed E-state index contributed by atoms with van der Waals surface area (Å²) in [5, 5.41) is 4.20. The molecule has 1 aromatic rings. The van der Waals surface area contributed by atoms with Gasteiger partial charge in [0.1, 0.15) is 5.75 Å². The number of ether oxygens (including phenoxy) is 1. The number of rotatable bonds is 6. The van der Waals surface area contributed by atoms with Crippen molar-refractivity contribution in [1.29, 1.82) is 0 Å². The van der Waals surface area contributed by atoms with Crippen molar-refractivity contribution < 1.29 is 4.74 Å². The van der Waals surface area contributed by atoms with E-state index >= 15 is 0 Å². The molecular weight excluding hydrogens is 305 g/mol. The van der Waals surface area contributed by atoms with E-state index in [0.29, 0.717) is 18.3 Å². The van der Waals surface area contributed by atoms with Crippen LogP contribution in [0.4, 0.5) is 0 Å². The van der Waals surface area contributed by atoms with E-state index in [1.54, 1.807) is 0 Å². The van der Waals surface area contributed by atoms with Gasteiger partial charge in [-0.3, -0.25) is 0 Å². The van der Waals surface area contributed by atoms with Gasteiger partial charge in [0, 0.05) is 40.9 Å². The highest BCUT2D eigenvalue weighted by Gasteiger charge is 2.26. The zero-order valence-corrected chi connectivity index (χ0v) is 13.2. The van der Waals surface area contributed by atoms with Crippen LogP contribution in [-0.2, 0) is 13.0 Å². The first kappa shape index (κ1) is 15.2. The summed E-state index contributed by atoms with van der Waals surface area (Å²) in [6.45, 7) is 3.47. The topological polar surface area (TPSA) is 21.3 Å². The Kier molecular flexibility index (Phi) is 5.24. The number of hydrogen-bond acceptors (Lipinski definition) is 2. The number of halogens is 3. The predicted octanol–water partition coefficient (Wildman–Crippen LogP) is 3.99. The number of hydrogen-bond donors (Lipinski definition) is 1. The van der Waals surface area contributed by atoms with Crippen molar-refractivity contribution in [3.8, 4) is 5.75 Å². The van der Waals surface area contributed by atoms with Crippen LogP contribution in [0, 0.1) is 0 Å². The summed E-state index contributed by atoms with van der Waals surface area (Å²) in [5.41, 5.74) is 2.02. The second-order valence-corrected chi connectivity index (χ2v) is 5.88. The zero-order valence-electron chi connectivity index (χ0n) is 10.9. The average Bonchev–Trinajstić information content (AvgIpc) is 2.88. The summed E-state index contributed by atoms with van der Waals surface area (Å²) in [6.07, 6.45) is 1.80. The highest BCUT2D eigenvalue weighted by Crippen LogP contribution is 2.33. The Bertz CT molecular complexity index is 438. The molecule has 19 heavy (non-hydrogen) atoms. The van der Waals surface area contributed by atoms with Gasteiger partial charge in [-0.1, -0.05) is 18.5 Å². The smallest absolute Gasteiger partial charge is 0.127 e. The van der Waals surface area contributed by atoms with Crippen molar-refractivity contribution >= 4 is 34.8 Å². The van der Waals surface area contributed by atoms with Crippen molar-refractivity contribution in [2.24, 2.45) is 0 Å². The Hall–Kier alpha value is -0.150. The fourth-order valence-electron chi connectivity index (χ4n) is 2.20. The Morgan fingerprint density at radius 1 is 1.32 bits per heavy atom. The first-order valence-corrected chi connectivity index (χ1v) is 7.90. The molecule has 2 rings (SSSR count). The lowest BCUT2D eigenvalue weighted by Crippen LogP contribution is -2.47. The van der Waals surface area contributed by atoms with Crippen LogP contribution < -0.4 is 10.1 Å². The normalized spacial score (nSPS) is 14.3. The highest BCUT2D eigenvalue weighted by atomic mass is 35.5. The molecule has 2 nitrogen and oxygen atoms in total. The minimum absolute atomic E-state index is 0.239. The monoisotopic (exact) mass is 321 g/mol. The number of benzene rings is 1. The minimum atomic E-state index is -0.239. The molecule has 0 amide bonds. The van der Waals surface area contributed by atoms with E-state index in [4.69, 9.17) is 39.5 Å². The van der Waals surface area contributed by atoms with E-state index in [0.717, 1.165) is 35.8 Å². The molecule has 106 valence electrons. The lowest BCUT2D eigenvalue weighted by Gasteiger charge is -2.30. The summed E-state index contributed by atoms with van der Waals surface area (Å²) < 4.78 is 5.69. The largest absolute Gasteiger partial charge is 0.493 e. The lowest BCUT2D eigenvalue weighted by atomic mass is 10.00. The van der Waals surface area contributed by atoms with Crippen LogP contribution in [0.15, 0.2) is 12.1 Å². The number of fused-ring (bicyclic) bond motifs is 1. The zero-order chi connectivity index (χ0) is 13.9. The van der Waals surface area contributed by atoms with E-state index in [1.807, 2.05) is 12.1 Å². The predicted molar refractivity (Wildman–Crippen MR) is 82.0 cm³/mol. The van der Waals surface area contributed by atoms with Gasteiger partial charge in [0.25, 0.3) is 0 Å². The molecule has 0 saturated heterocycles. The molecule has 0 bridgehead atoms. The van der Waals surface area contributed by atoms with Gasteiger partial charge in [0.15, 0.2) is 0 Å². The highest BCUT2D eigenvalue weighted by molar-refractivity contribution is 6.30. The molecule has 0 fully saturated rings. The fourth-order valence-corrected chi connectivity index (χ4v) is 3.32. The summed E-state index contributed by atoms with van der Waals surface area (Å²) >= 11 is 18.2. The SMILES string of the molecule is CCC(CCl)(CCl)NCc1cc(Cl)cc2c1OCC2. The van der Waals surface area contributed by atoms with Crippen LogP contribution in [0.3, 0.4) is 0 Å². The molecule has 1 aliphatic heterocycles. The molecule has 0 spiro atoms. The van der Waals surface area contributed by atoms with E-state index in [-0.39, 0.29) is 5.54 Å². The van der Waals surface area contributed by atoms with E-state index in [2.05, 4.69) is 12.2 Å². The van der Waals surface area contributed by atoms with Gasteiger partial charge in [-0.25, -0.2) is 0 Å². The van der Waals surface area contributed by atoms with Crippen molar-refractivity contribution in [3.63, 3.8) is 0 Å². The third-order valence-electron chi connectivity index (χ3n) is 3.67. The van der Waals surface area contributed by atoms with Gasteiger partial charge in [-0.15, -0.1) is 23.2 Å². The molecule has 1 N–H and O–H groups in total. The molecular formula is C14H18Cl3NO. The van der Waals surface area contributed by atoms with Crippen LogP contribution in [0.1, 0.15) is 24.5 Å². The maximum Gasteiger partial charge on any atom is 0.127 e. The Labute approximate surface area is 129 Å². The lowest BCUT2D eigenvalue weighted by molar-refractivity contribution is 0.344. The van der Waals surface area contributed by atoms with Crippen LogP contribution >= 0.6 is 34.8 Å². The summed E-state index contributed by atoms with van der Waals surface area (Å²) in [6, 6.07) is 3.92. The van der Waals surface area contributed by atoms with Gasteiger partial charge in [-0.05, 0) is 24.1 Å². The minimum Gasteiger partial charge on any atom is -0.493 e. The number of nitrogens with one attached hydrogen (secondary N) is 1. The second kappa shape index (κ2) is 6.53. The van der Waals surface area contributed by atoms with E-state index in [1.165, 1.54) is 5.56 Å². The summed E-state index contributed by atoms with van der Waals surface area (Å²) in [7, 11) is 0. The fraction of sp³-hybridized carbons (Fsp3) is 0.571. The second-order valence-electron chi connectivity index (χ2n) is 4.91. The molecule has 1 heterocycles.